The molecule has 18 heavy (non-hydrogen) atoms. The van der Waals surface area contributed by atoms with Gasteiger partial charge in [-0.25, -0.2) is 9.78 Å². The summed E-state index contributed by atoms with van der Waals surface area (Å²) >= 11 is 0. The summed E-state index contributed by atoms with van der Waals surface area (Å²) in [5.41, 5.74) is 1.93. The molecule has 0 fully saturated rings. The smallest absolute Gasteiger partial charge is 0.332 e. The molecule has 0 aliphatic carbocycles. The van der Waals surface area contributed by atoms with E-state index in [1.54, 1.807) is 13.3 Å². The molecule has 0 aliphatic heterocycles. The Morgan fingerprint density at radius 2 is 2.28 bits per heavy atom. The molecule has 0 aliphatic rings. The second-order valence-corrected chi connectivity index (χ2v) is 4.00. The minimum Gasteiger partial charge on any atom is -0.479 e. The number of para-hydroxylation sites is 2. The van der Waals surface area contributed by atoms with Gasteiger partial charge in [-0.15, -0.1) is 0 Å². The zero-order chi connectivity index (χ0) is 13.0. The number of carboxylic acid groups (broad SMARTS) is 1. The number of aliphatic carboxylic acids is 1. The number of nitrogens with zero attached hydrogens (tertiary/aromatic N) is 2. The lowest BCUT2D eigenvalue weighted by Crippen LogP contribution is -2.25. The van der Waals surface area contributed by atoms with E-state index in [9.17, 15) is 4.79 Å². The summed E-state index contributed by atoms with van der Waals surface area (Å²) < 4.78 is 7.13. The first-order valence-electron chi connectivity index (χ1n) is 5.96. The Hall–Kier alpha value is -1.88. The SMILES string of the molecule is CCOC(CCn1cnc2ccccc21)C(=O)O. The summed E-state index contributed by atoms with van der Waals surface area (Å²) in [6.45, 7) is 2.78. The van der Waals surface area contributed by atoms with Crippen LogP contribution in [-0.2, 0) is 16.1 Å². The van der Waals surface area contributed by atoms with E-state index < -0.39 is 12.1 Å². The van der Waals surface area contributed by atoms with E-state index in [1.807, 2.05) is 28.8 Å². The van der Waals surface area contributed by atoms with E-state index in [2.05, 4.69) is 4.98 Å². The van der Waals surface area contributed by atoms with Gasteiger partial charge in [0.15, 0.2) is 6.10 Å². The molecule has 0 bridgehead atoms. The Labute approximate surface area is 105 Å². The Morgan fingerprint density at radius 3 is 3.00 bits per heavy atom. The summed E-state index contributed by atoms with van der Waals surface area (Å²) in [5.74, 6) is -0.915. The lowest BCUT2D eigenvalue weighted by molar-refractivity contribution is -0.150. The molecule has 5 heteroatoms. The van der Waals surface area contributed by atoms with Crippen molar-refractivity contribution in [1.29, 1.82) is 0 Å². The number of hydrogen-bond acceptors (Lipinski definition) is 3. The molecule has 0 radical (unpaired) electrons. The monoisotopic (exact) mass is 248 g/mol. The first-order valence-corrected chi connectivity index (χ1v) is 5.96. The second-order valence-electron chi connectivity index (χ2n) is 4.00. The third-order valence-electron chi connectivity index (χ3n) is 2.80. The van der Waals surface area contributed by atoms with Crippen molar-refractivity contribution in [3.8, 4) is 0 Å². The van der Waals surface area contributed by atoms with Crippen LogP contribution in [0, 0.1) is 0 Å². The molecular formula is C13H16N2O3. The highest BCUT2D eigenvalue weighted by atomic mass is 16.5. The molecule has 1 heterocycles. The van der Waals surface area contributed by atoms with Crippen molar-refractivity contribution in [2.75, 3.05) is 6.61 Å². The lowest BCUT2D eigenvalue weighted by Gasteiger charge is -2.12. The van der Waals surface area contributed by atoms with Crippen LogP contribution in [-0.4, -0.2) is 33.3 Å². The summed E-state index contributed by atoms with van der Waals surface area (Å²) in [7, 11) is 0. The van der Waals surface area contributed by atoms with E-state index in [0.717, 1.165) is 11.0 Å². The quantitative estimate of drug-likeness (QED) is 0.848. The molecule has 2 rings (SSSR count). The number of aryl methyl sites for hydroxylation is 1. The van der Waals surface area contributed by atoms with E-state index >= 15 is 0 Å². The van der Waals surface area contributed by atoms with Crippen LogP contribution in [0.5, 0.6) is 0 Å². The molecule has 0 saturated carbocycles. The Balaban J connectivity index is 2.07. The fourth-order valence-corrected chi connectivity index (χ4v) is 1.92. The first kappa shape index (κ1) is 12.6. The zero-order valence-corrected chi connectivity index (χ0v) is 10.2. The van der Waals surface area contributed by atoms with Crippen LogP contribution in [0.3, 0.4) is 0 Å². The van der Waals surface area contributed by atoms with Crippen LogP contribution in [0.1, 0.15) is 13.3 Å². The molecule has 1 unspecified atom stereocenters. The molecule has 1 aromatic carbocycles. The summed E-state index contributed by atoms with van der Waals surface area (Å²) in [4.78, 5) is 15.2. The van der Waals surface area contributed by atoms with Gasteiger partial charge in [-0.1, -0.05) is 12.1 Å². The normalized spacial score (nSPS) is 12.7. The molecule has 0 amide bonds. The van der Waals surface area contributed by atoms with E-state index in [-0.39, 0.29) is 0 Å². The number of carbonyl (C=O) groups is 1. The highest BCUT2D eigenvalue weighted by molar-refractivity contribution is 5.75. The van der Waals surface area contributed by atoms with Crippen LogP contribution < -0.4 is 0 Å². The van der Waals surface area contributed by atoms with Gasteiger partial charge in [-0.3, -0.25) is 0 Å². The largest absolute Gasteiger partial charge is 0.479 e. The number of imidazole rings is 1. The van der Waals surface area contributed by atoms with Gasteiger partial charge < -0.3 is 14.4 Å². The van der Waals surface area contributed by atoms with Gasteiger partial charge in [0.05, 0.1) is 17.4 Å². The summed E-state index contributed by atoms with van der Waals surface area (Å²) in [5, 5.41) is 9.00. The molecule has 1 aromatic heterocycles. The fourth-order valence-electron chi connectivity index (χ4n) is 1.92. The predicted octanol–water partition coefficient (Wildman–Crippen LogP) is 1.92. The average molecular weight is 248 g/mol. The number of rotatable bonds is 6. The van der Waals surface area contributed by atoms with Crippen molar-refractivity contribution in [3.05, 3.63) is 30.6 Å². The Kier molecular flexibility index (Phi) is 3.94. The number of fused-ring (bicyclic) bond motifs is 1. The Bertz CT molecular complexity index is 536. The van der Waals surface area contributed by atoms with E-state index in [0.29, 0.717) is 19.6 Å². The molecule has 96 valence electrons. The molecule has 1 N–H and O–H groups in total. The maximum absolute atomic E-state index is 11.0. The highest BCUT2D eigenvalue weighted by Crippen LogP contribution is 2.13. The third kappa shape index (κ3) is 2.68. The van der Waals surface area contributed by atoms with E-state index in [1.165, 1.54) is 0 Å². The number of carboxylic acids is 1. The number of hydrogen-bond donors (Lipinski definition) is 1. The average Bonchev–Trinajstić information content (AvgIpc) is 2.77. The molecular weight excluding hydrogens is 232 g/mol. The first-order chi connectivity index (χ1) is 8.72. The van der Waals surface area contributed by atoms with Gasteiger partial charge in [0.1, 0.15) is 0 Å². The zero-order valence-electron chi connectivity index (χ0n) is 10.2. The highest BCUT2D eigenvalue weighted by Gasteiger charge is 2.17. The summed E-state index contributed by atoms with van der Waals surface area (Å²) in [6, 6.07) is 7.78. The van der Waals surface area contributed by atoms with Crippen molar-refractivity contribution in [3.63, 3.8) is 0 Å². The lowest BCUT2D eigenvalue weighted by atomic mass is 10.2. The van der Waals surface area contributed by atoms with Crippen molar-refractivity contribution < 1.29 is 14.6 Å². The van der Waals surface area contributed by atoms with Crippen molar-refractivity contribution in [2.45, 2.75) is 26.0 Å². The minimum atomic E-state index is -0.915. The molecule has 5 nitrogen and oxygen atoms in total. The molecule has 2 aromatic rings. The Morgan fingerprint density at radius 1 is 1.50 bits per heavy atom. The van der Waals surface area contributed by atoms with Gasteiger partial charge in [0, 0.05) is 19.6 Å². The number of benzene rings is 1. The van der Waals surface area contributed by atoms with Crippen molar-refractivity contribution >= 4 is 17.0 Å². The third-order valence-corrected chi connectivity index (χ3v) is 2.80. The fraction of sp³-hybridized carbons (Fsp3) is 0.385. The van der Waals surface area contributed by atoms with E-state index in [4.69, 9.17) is 9.84 Å². The second kappa shape index (κ2) is 5.64. The van der Waals surface area contributed by atoms with Gasteiger partial charge in [-0.05, 0) is 19.1 Å². The van der Waals surface area contributed by atoms with Crippen LogP contribution >= 0.6 is 0 Å². The molecule has 0 spiro atoms. The van der Waals surface area contributed by atoms with Crippen molar-refractivity contribution in [1.82, 2.24) is 9.55 Å². The topological polar surface area (TPSA) is 64.4 Å². The van der Waals surface area contributed by atoms with Crippen LogP contribution in [0.4, 0.5) is 0 Å². The van der Waals surface area contributed by atoms with Crippen LogP contribution in [0.2, 0.25) is 0 Å². The minimum absolute atomic E-state index is 0.404. The van der Waals surface area contributed by atoms with Gasteiger partial charge >= 0.3 is 5.97 Å². The van der Waals surface area contributed by atoms with Gasteiger partial charge in [0.2, 0.25) is 0 Å². The summed E-state index contributed by atoms with van der Waals surface area (Å²) in [6.07, 6.45) is 1.41. The number of aromatic nitrogens is 2. The predicted molar refractivity (Wildman–Crippen MR) is 67.4 cm³/mol. The number of ether oxygens (including phenoxy) is 1. The van der Waals surface area contributed by atoms with Gasteiger partial charge in [-0.2, -0.15) is 0 Å². The van der Waals surface area contributed by atoms with Gasteiger partial charge in [0.25, 0.3) is 0 Å². The van der Waals surface area contributed by atoms with Crippen LogP contribution in [0.15, 0.2) is 30.6 Å². The molecule has 0 saturated heterocycles. The standard InChI is InChI=1S/C13H16N2O3/c1-2-18-12(13(16)17)7-8-15-9-14-10-5-3-4-6-11(10)15/h3-6,9,12H,2,7-8H2,1H3,(H,16,17). The van der Waals surface area contributed by atoms with Crippen LogP contribution in [0.25, 0.3) is 11.0 Å². The molecule has 1 atom stereocenters. The van der Waals surface area contributed by atoms with Crippen molar-refractivity contribution in [2.24, 2.45) is 0 Å². The maximum atomic E-state index is 11.0. The maximum Gasteiger partial charge on any atom is 0.332 e.